The summed E-state index contributed by atoms with van der Waals surface area (Å²) in [5, 5.41) is 9.25. The van der Waals surface area contributed by atoms with E-state index in [1.165, 1.54) is 25.7 Å². The largest absolute Gasteiger partial charge is 0.480 e. The van der Waals surface area contributed by atoms with Gasteiger partial charge in [0.05, 0.1) is 0 Å². The Balaban J connectivity index is 2.20. The molecule has 0 radical (unpaired) electrons. The Kier molecular flexibility index (Phi) is 4.75. The minimum absolute atomic E-state index is 0.548. The summed E-state index contributed by atoms with van der Waals surface area (Å²) in [6.45, 7) is 2.27. The zero-order valence-corrected chi connectivity index (χ0v) is 9.43. The Morgan fingerprint density at radius 2 is 2.36 bits per heavy atom. The molecular formula is C10H19NO2S. The van der Waals surface area contributed by atoms with Crippen molar-refractivity contribution in [2.75, 3.05) is 5.75 Å². The standard InChI is InChI=1S/C10H19NO2S/c1-7-3-2-4-8(5-7)14-6-9(11)10(12)13/h7-9H,2-6,11H2,1H3,(H,12,13). The van der Waals surface area contributed by atoms with Crippen molar-refractivity contribution < 1.29 is 9.90 Å². The summed E-state index contributed by atoms with van der Waals surface area (Å²) in [7, 11) is 0. The summed E-state index contributed by atoms with van der Waals surface area (Å²) >= 11 is 1.73. The van der Waals surface area contributed by atoms with Crippen molar-refractivity contribution in [3.8, 4) is 0 Å². The molecule has 3 unspecified atom stereocenters. The smallest absolute Gasteiger partial charge is 0.321 e. The molecule has 3 nitrogen and oxygen atoms in total. The number of hydrogen-bond acceptors (Lipinski definition) is 3. The first-order valence-corrected chi connectivity index (χ1v) is 6.24. The van der Waals surface area contributed by atoms with Crippen LogP contribution in [0.1, 0.15) is 32.6 Å². The number of carboxylic acid groups (broad SMARTS) is 1. The van der Waals surface area contributed by atoms with Gasteiger partial charge in [-0.25, -0.2) is 0 Å². The highest BCUT2D eigenvalue weighted by Gasteiger charge is 2.21. The number of nitrogens with two attached hydrogens (primary N) is 1. The first-order valence-electron chi connectivity index (χ1n) is 5.19. The van der Waals surface area contributed by atoms with Gasteiger partial charge < -0.3 is 10.8 Å². The average molecular weight is 217 g/mol. The molecular weight excluding hydrogens is 198 g/mol. The zero-order valence-electron chi connectivity index (χ0n) is 8.61. The Labute approximate surface area is 89.4 Å². The zero-order chi connectivity index (χ0) is 10.6. The molecule has 0 aromatic rings. The second kappa shape index (κ2) is 5.61. The molecule has 1 fully saturated rings. The van der Waals surface area contributed by atoms with Crippen molar-refractivity contribution in [1.82, 2.24) is 0 Å². The molecule has 0 spiro atoms. The Bertz CT molecular complexity index is 199. The second-order valence-corrected chi connectivity index (χ2v) is 5.51. The summed E-state index contributed by atoms with van der Waals surface area (Å²) in [4.78, 5) is 10.5. The summed E-state index contributed by atoms with van der Waals surface area (Å²) in [5.74, 6) is 0.455. The van der Waals surface area contributed by atoms with Gasteiger partial charge in [-0.3, -0.25) is 4.79 Å². The van der Waals surface area contributed by atoms with Crippen molar-refractivity contribution in [1.29, 1.82) is 0 Å². The number of hydrogen-bond donors (Lipinski definition) is 2. The van der Waals surface area contributed by atoms with Gasteiger partial charge >= 0.3 is 5.97 Å². The molecule has 1 aliphatic carbocycles. The fraction of sp³-hybridized carbons (Fsp3) is 0.900. The summed E-state index contributed by atoms with van der Waals surface area (Å²) in [6, 6.07) is -0.697. The Hall–Kier alpha value is -0.220. The molecule has 0 heterocycles. The molecule has 4 heteroatoms. The van der Waals surface area contributed by atoms with Crippen LogP contribution in [0.3, 0.4) is 0 Å². The predicted molar refractivity (Wildman–Crippen MR) is 59.5 cm³/mol. The van der Waals surface area contributed by atoms with Crippen molar-refractivity contribution in [2.24, 2.45) is 11.7 Å². The van der Waals surface area contributed by atoms with Gasteiger partial charge in [0.15, 0.2) is 0 Å². The average Bonchev–Trinajstić information content (AvgIpc) is 2.14. The first-order chi connectivity index (χ1) is 6.59. The summed E-state index contributed by atoms with van der Waals surface area (Å²) < 4.78 is 0. The molecule has 14 heavy (non-hydrogen) atoms. The highest BCUT2D eigenvalue weighted by Crippen LogP contribution is 2.31. The van der Waals surface area contributed by atoms with Crippen molar-refractivity contribution in [3.05, 3.63) is 0 Å². The van der Waals surface area contributed by atoms with E-state index in [1.807, 2.05) is 0 Å². The summed E-state index contributed by atoms with van der Waals surface area (Å²) in [6.07, 6.45) is 5.04. The van der Waals surface area contributed by atoms with Gasteiger partial charge in [0.1, 0.15) is 6.04 Å². The molecule has 82 valence electrons. The van der Waals surface area contributed by atoms with Crippen LogP contribution < -0.4 is 5.73 Å². The highest BCUT2D eigenvalue weighted by molar-refractivity contribution is 7.99. The van der Waals surface area contributed by atoms with Crippen LogP contribution in [0.5, 0.6) is 0 Å². The van der Waals surface area contributed by atoms with E-state index in [2.05, 4.69) is 6.92 Å². The fourth-order valence-corrected chi connectivity index (χ4v) is 3.26. The third-order valence-corrected chi connectivity index (χ3v) is 4.17. The lowest BCUT2D eigenvalue weighted by Crippen LogP contribution is -2.33. The Morgan fingerprint density at radius 1 is 1.64 bits per heavy atom. The van der Waals surface area contributed by atoms with Gasteiger partial charge in [0.25, 0.3) is 0 Å². The van der Waals surface area contributed by atoms with Gasteiger partial charge in [0, 0.05) is 11.0 Å². The van der Waals surface area contributed by atoms with E-state index in [-0.39, 0.29) is 0 Å². The van der Waals surface area contributed by atoms with Crippen molar-refractivity contribution in [3.63, 3.8) is 0 Å². The topological polar surface area (TPSA) is 63.3 Å². The van der Waals surface area contributed by atoms with E-state index in [1.54, 1.807) is 11.8 Å². The monoisotopic (exact) mass is 217 g/mol. The maximum atomic E-state index is 10.5. The quantitative estimate of drug-likeness (QED) is 0.752. The highest BCUT2D eigenvalue weighted by atomic mass is 32.2. The van der Waals surface area contributed by atoms with E-state index >= 15 is 0 Å². The van der Waals surface area contributed by atoms with Gasteiger partial charge in [-0.1, -0.05) is 19.8 Å². The molecule has 0 saturated heterocycles. The van der Waals surface area contributed by atoms with Crippen LogP contribution in [-0.4, -0.2) is 28.1 Å². The molecule has 0 aromatic heterocycles. The molecule has 3 N–H and O–H groups in total. The molecule has 1 saturated carbocycles. The normalized spacial score (nSPS) is 29.9. The van der Waals surface area contributed by atoms with E-state index in [0.29, 0.717) is 11.0 Å². The van der Waals surface area contributed by atoms with Crippen LogP contribution in [0, 0.1) is 5.92 Å². The van der Waals surface area contributed by atoms with E-state index in [0.717, 1.165) is 5.92 Å². The van der Waals surface area contributed by atoms with Crippen LogP contribution in [0.25, 0.3) is 0 Å². The Morgan fingerprint density at radius 3 is 2.93 bits per heavy atom. The lowest BCUT2D eigenvalue weighted by molar-refractivity contribution is -0.137. The molecule has 0 amide bonds. The van der Waals surface area contributed by atoms with Gasteiger partial charge in [-0.2, -0.15) is 11.8 Å². The SMILES string of the molecule is CC1CCCC(SCC(N)C(=O)O)C1. The molecule has 0 aliphatic heterocycles. The van der Waals surface area contributed by atoms with Gasteiger partial charge in [-0.05, 0) is 18.8 Å². The van der Waals surface area contributed by atoms with Crippen LogP contribution in [0.4, 0.5) is 0 Å². The molecule has 0 bridgehead atoms. The van der Waals surface area contributed by atoms with Crippen molar-refractivity contribution >= 4 is 17.7 Å². The molecule has 3 atom stereocenters. The summed E-state index contributed by atoms with van der Waals surface area (Å²) in [5.41, 5.74) is 5.45. The minimum Gasteiger partial charge on any atom is -0.480 e. The minimum atomic E-state index is -0.888. The van der Waals surface area contributed by atoms with Crippen LogP contribution >= 0.6 is 11.8 Å². The molecule has 1 rings (SSSR count). The first kappa shape index (κ1) is 11.9. The van der Waals surface area contributed by atoms with E-state index in [4.69, 9.17) is 10.8 Å². The number of rotatable bonds is 4. The number of carboxylic acids is 1. The van der Waals surface area contributed by atoms with E-state index in [9.17, 15) is 4.79 Å². The lowest BCUT2D eigenvalue weighted by Gasteiger charge is -2.26. The third-order valence-electron chi connectivity index (χ3n) is 2.72. The number of carbonyl (C=O) groups is 1. The van der Waals surface area contributed by atoms with Crippen LogP contribution in [0.15, 0.2) is 0 Å². The van der Waals surface area contributed by atoms with Crippen molar-refractivity contribution in [2.45, 2.75) is 43.9 Å². The predicted octanol–water partition coefficient (Wildman–Crippen LogP) is 1.71. The molecule has 1 aliphatic rings. The second-order valence-electron chi connectivity index (χ2n) is 4.17. The molecule has 0 aromatic carbocycles. The fourth-order valence-electron chi connectivity index (χ4n) is 1.84. The van der Waals surface area contributed by atoms with Gasteiger partial charge in [0.2, 0.25) is 0 Å². The van der Waals surface area contributed by atoms with Crippen LogP contribution in [-0.2, 0) is 4.79 Å². The lowest BCUT2D eigenvalue weighted by atomic mass is 9.91. The maximum absolute atomic E-state index is 10.5. The third kappa shape index (κ3) is 3.88. The maximum Gasteiger partial charge on any atom is 0.321 e. The van der Waals surface area contributed by atoms with Crippen LogP contribution in [0.2, 0.25) is 0 Å². The van der Waals surface area contributed by atoms with E-state index < -0.39 is 12.0 Å². The van der Waals surface area contributed by atoms with Gasteiger partial charge in [-0.15, -0.1) is 0 Å². The number of thioether (sulfide) groups is 1. The number of aliphatic carboxylic acids is 1.